The summed E-state index contributed by atoms with van der Waals surface area (Å²) in [4.78, 5) is 8.01. The first-order valence-corrected chi connectivity index (χ1v) is 11.3. The number of anilines is 1. The summed E-state index contributed by atoms with van der Waals surface area (Å²) in [7, 11) is 1.77. The van der Waals surface area contributed by atoms with E-state index in [4.69, 9.17) is 4.74 Å². The van der Waals surface area contributed by atoms with E-state index in [0.717, 1.165) is 42.6 Å². The van der Waals surface area contributed by atoms with E-state index in [1.807, 2.05) is 0 Å². The highest BCUT2D eigenvalue weighted by Crippen LogP contribution is 2.43. The van der Waals surface area contributed by atoms with Crippen LogP contribution in [0.2, 0.25) is 0 Å². The van der Waals surface area contributed by atoms with Crippen molar-refractivity contribution in [2.75, 3.05) is 57.8 Å². The third-order valence-electron chi connectivity index (χ3n) is 7.72. The van der Waals surface area contributed by atoms with E-state index in [1.165, 1.54) is 64.1 Å². The molecular formula is C24H35N3O. The van der Waals surface area contributed by atoms with Crippen molar-refractivity contribution in [2.45, 2.75) is 31.7 Å². The van der Waals surface area contributed by atoms with Gasteiger partial charge in [-0.1, -0.05) is 24.3 Å². The zero-order chi connectivity index (χ0) is 18.9. The average Bonchev–Trinajstić information content (AvgIpc) is 3.38. The smallest absolute Gasteiger partial charge is 0.142 e. The predicted molar refractivity (Wildman–Crippen MR) is 115 cm³/mol. The van der Waals surface area contributed by atoms with Gasteiger partial charge in [0, 0.05) is 38.8 Å². The molecule has 3 fully saturated rings. The van der Waals surface area contributed by atoms with Crippen LogP contribution in [0.1, 0.15) is 25.7 Å². The van der Waals surface area contributed by atoms with Gasteiger partial charge in [-0.25, -0.2) is 0 Å². The third kappa shape index (κ3) is 3.69. The number of likely N-dealkylation sites (tertiary alicyclic amines) is 1. The second-order valence-corrected chi connectivity index (χ2v) is 9.27. The number of fused-ring (bicyclic) bond motifs is 2. The van der Waals surface area contributed by atoms with Crippen molar-refractivity contribution in [3.8, 4) is 5.75 Å². The highest BCUT2D eigenvalue weighted by Gasteiger charge is 2.37. The Hall–Kier alpha value is -1.52. The van der Waals surface area contributed by atoms with E-state index in [1.54, 1.807) is 7.11 Å². The van der Waals surface area contributed by atoms with Crippen LogP contribution in [0.3, 0.4) is 0 Å². The average molecular weight is 382 g/mol. The second-order valence-electron chi connectivity index (χ2n) is 9.27. The van der Waals surface area contributed by atoms with E-state index in [9.17, 15) is 0 Å². The van der Waals surface area contributed by atoms with Gasteiger partial charge in [-0.15, -0.1) is 0 Å². The Morgan fingerprint density at radius 2 is 1.71 bits per heavy atom. The molecule has 0 unspecified atom stereocenters. The fourth-order valence-electron chi connectivity index (χ4n) is 6.12. The summed E-state index contributed by atoms with van der Waals surface area (Å²) in [6.45, 7) is 8.53. The molecule has 2 aliphatic heterocycles. The molecule has 152 valence electrons. The molecule has 2 bridgehead atoms. The molecule has 4 heteroatoms. The van der Waals surface area contributed by atoms with Gasteiger partial charge in [-0.3, -0.25) is 4.90 Å². The topological polar surface area (TPSA) is 19.0 Å². The zero-order valence-electron chi connectivity index (χ0n) is 17.3. The summed E-state index contributed by atoms with van der Waals surface area (Å²) in [6, 6.07) is 9.22. The Bertz CT molecular complexity index is 689. The summed E-state index contributed by atoms with van der Waals surface area (Å²) in [5.41, 5.74) is 1.25. The van der Waals surface area contributed by atoms with Crippen LogP contribution in [0.5, 0.6) is 5.75 Å². The molecule has 1 aromatic rings. The highest BCUT2D eigenvalue weighted by atomic mass is 16.5. The minimum Gasteiger partial charge on any atom is -0.495 e. The third-order valence-corrected chi connectivity index (χ3v) is 7.72. The minimum atomic E-state index is 0.788. The number of hydrogen-bond donors (Lipinski definition) is 0. The summed E-state index contributed by atoms with van der Waals surface area (Å²) in [6.07, 6.45) is 10.6. The zero-order valence-corrected chi connectivity index (χ0v) is 17.3. The van der Waals surface area contributed by atoms with Gasteiger partial charge in [-0.2, -0.15) is 0 Å². The number of methoxy groups -OCH3 is 1. The van der Waals surface area contributed by atoms with Crippen molar-refractivity contribution in [2.24, 2.45) is 17.8 Å². The number of para-hydroxylation sites is 2. The van der Waals surface area contributed by atoms with Gasteiger partial charge in [-0.05, 0) is 68.7 Å². The van der Waals surface area contributed by atoms with Crippen molar-refractivity contribution in [1.82, 2.24) is 9.80 Å². The molecule has 3 atom stereocenters. The lowest BCUT2D eigenvalue weighted by Gasteiger charge is -2.44. The van der Waals surface area contributed by atoms with Crippen LogP contribution in [-0.2, 0) is 0 Å². The number of rotatable bonds is 5. The number of ether oxygens (including phenoxy) is 1. The van der Waals surface area contributed by atoms with Gasteiger partial charge in [0.25, 0.3) is 0 Å². The van der Waals surface area contributed by atoms with E-state index >= 15 is 0 Å². The second kappa shape index (κ2) is 8.08. The molecule has 0 N–H and O–H groups in total. The Morgan fingerprint density at radius 1 is 0.929 bits per heavy atom. The van der Waals surface area contributed by atoms with E-state index in [2.05, 4.69) is 51.1 Å². The maximum atomic E-state index is 5.56. The molecule has 4 nitrogen and oxygen atoms in total. The SMILES string of the molecule is COc1ccccc1N1CCN(C2CCN(C[C@H]3C[C@H]4C=C[C@@H]3C4)CC2)CC1. The number of nitrogens with zero attached hydrogens (tertiary/aromatic N) is 3. The van der Waals surface area contributed by atoms with Crippen LogP contribution >= 0.6 is 0 Å². The molecule has 5 rings (SSSR count). The monoisotopic (exact) mass is 381 g/mol. The van der Waals surface area contributed by atoms with Gasteiger partial charge < -0.3 is 14.5 Å². The van der Waals surface area contributed by atoms with E-state index < -0.39 is 0 Å². The normalized spacial score (nSPS) is 31.6. The lowest BCUT2D eigenvalue weighted by atomic mass is 9.92. The van der Waals surface area contributed by atoms with Gasteiger partial charge in [0.15, 0.2) is 0 Å². The Kier molecular flexibility index (Phi) is 5.34. The lowest BCUT2D eigenvalue weighted by Crippen LogP contribution is -2.53. The molecule has 0 amide bonds. The first kappa shape index (κ1) is 18.5. The summed E-state index contributed by atoms with van der Waals surface area (Å²) < 4.78 is 5.56. The molecule has 28 heavy (non-hydrogen) atoms. The largest absolute Gasteiger partial charge is 0.495 e. The van der Waals surface area contributed by atoms with Gasteiger partial charge in [0.2, 0.25) is 0 Å². The molecule has 0 aromatic heterocycles. The number of benzene rings is 1. The molecule has 2 heterocycles. The molecular weight excluding hydrogens is 346 g/mol. The van der Waals surface area contributed by atoms with Crippen LogP contribution < -0.4 is 9.64 Å². The quantitative estimate of drug-likeness (QED) is 0.727. The fraction of sp³-hybridized carbons (Fsp3) is 0.667. The first-order chi connectivity index (χ1) is 13.8. The first-order valence-electron chi connectivity index (χ1n) is 11.3. The van der Waals surface area contributed by atoms with Crippen LogP contribution in [0.15, 0.2) is 36.4 Å². The van der Waals surface area contributed by atoms with Crippen LogP contribution in [0.25, 0.3) is 0 Å². The number of piperazine rings is 1. The Labute approximate surface area is 170 Å². The van der Waals surface area contributed by atoms with E-state index in [0.29, 0.717) is 0 Å². The van der Waals surface area contributed by atoms with Gasteiger partial charge in [0.05, 0.1) is 12.8 Å². The van der Waals surface area contributed by atoms with Crippen molar-refractivity contribution < 1.29 is 4.74 Å². The minimum absolute atomic E-state index is 0.788. The lowest BCUT2D eigenvalue weighted by molar-refractivity contribution is 0.0918. The summed E-state index contributed by atoms with van der Waals surface area (Å²) in [5.74, 6) is 3.74. The van der Waals surface area contributed by atoms with Crippen molar-refractivity contribution in [1.29, 1.82) is 0 Å². The molecule has 4 aliphatic rings. The highest BCUT2D eigenvalue weighted by molar-refractivity contribution is 5.58. The van der Waals surface area contributed by atoms with E-state index in [-0.39, 0.29) is 0 Å². The van der Waals surface area contributed by atoms with Crippen LogP contribution in [0, 0.1) is 17.8 Å². The van der Waals surface area contributed by atoms with Gasteiger partial charge >= 0.3 is 0 Å². The fourth-order valence-corrected chi connectivity index (χ4v) is 6.12. The maximum Gasteiger partial charge on any atom is 0.142 e. The Balaban J connectivity index is 1.09. The molecule has 2 saturated heterocycles. The molecule has 0 spiro atoms. The summed E-state index contributed by atoms with van der Waals surface area (Å²) >= 11 is 0. The van der Waals surface area contributed by atoms with Crippen LogP contribution in [-0.4, -0.2) is 68.8 Å². The maximum absolute atomic E-state index is 5.56. The molecule has 0 radical (unpaired) electrons. The Morgan fingerprint density at radius 3 is 2.39 bits per heavy atom. The van der Waals surface area contributed by atoms with Crippen molar-refractivity contribution >= 4 is 5.69 Å². The molecule has 1 aromatic carbocycles. The number of hydrogen-bond acceptors (Lipinski definition) is 4. The number of piperidine rings is 1. The molecule has 2 aliphatic carbocycles. The predicted octanol–water partition coefficient (Wildman–Crippen LogP) is 3.49. The molecule has 1 saturated carbocycles. The standard InChI is InChI=1S/C24H35N3O/c1-28-24-5-3-2-4-23(24)27-14-12-26(13-15-27)22-8-10-25(11-9-22)18-21-17-19-6-7-20(21)16-19/h2-7,19-22H,8-18H2,1H3/t19-,20+,21+/m0/s1. The van der Waals surface area contributed by atoms with Crippen molar-refractivity contribution in [3.05, 3.63) is 36.4 Å². The summed E-state index contributed by atoms with van der Waals surface area (Å²) in [5, 5.41) is 0. The van der Waals surface area contributed by atoms with Gasteiger partial charge in [0.1, 0.15) is 5.75 Å². The van der Waals surface area contributed by atoms with Crippen LogP contribution in [0.4, 0.5) is 5.69 Å². The van der Waals surface area contributed by atoms with Crippen molar-refractivity contribution in [3.63, 3.8) is 0 Å². The number of allylic oxidation sites excluding steroid dienone is 2.